The molecule has 0 aliphatic heterocycles. The van der Waals surface area contributed by atoms with Crippen molar-refractivity contribution < 1.29 is 9.47 Å². The molecule has 0 heterocycles. The average Bonchev–Trinajstić information content (AvgIpc) is 2.45. The molecule has 0 radical (unpaired) electrons. The van der Waals surface area contributed by atoms with Crippen LogP contribution in [-0.2, 0) is 0 Å². The highest BCUT2D eigenvalue weighted by atomic mass is 16.5. The van der Waals surface area contributed by atoms with Crippen molar-refractivity contribution in [3.63, 3.8) is 0 Å². The Kier molecular flexibility index (Phi) is 7.91. The highest BCUT2D eigenvalue weighted by Crippen LogP contribution is 2.32. The van der Waals surface area contributed by atoms with Gasteiger partial charge >= 0.3 is 0 Å². The minimum absolute atomic E-state index is 0.275. The van der Waals surface area contributed by atoms with Crippen molar-refractivity contribution >= 4 is 0 Å². The third-order valence-electron chi connectivity index (χ3n) is 3.16. The molecule has 0 aliphatic rings. The van der Waals surface area contributed by atoms with E-state index in [0.29, 0.717) is 13.2 Å². The van der Waals surface area contributed by atoms with Gasteiger partial charge < -0.3 is 14.8 Å². The molecule has 3 heteroatoms. The molecule has 0 spiro atoms. The lowest BCUT2D eigenvalue weighted by molar-refractivity contribution is 0.287. The van der Waals surface area contributed by atoms with Crippen molar-refractivity contribution in [2.24, 2.45) is 0 Å². The van der Waals surface area contributed by atoms with Crippen LogP contribution in [0.4, 0.5) is 0 Å². The summed E-state index contributed by atoms with van der Waals surface area (Å²) in [5.41, 5.74) is 2.40. The molecule has 118 valence electrons. The normalized spacial score (nSPS) is 12.0. The Morgan fingerprint density at radius 2 is 1.81 bits per heavy atom. The van der Waals surface area contributed by atoms with Crippen LogP contribution in [0.1, 0.15) is 52.1 Å². The van der Waals surface area contributed by atoms with Crippen molar-refractivity contribution in [1.82, 2.24) is 5.32 Å². The molecule has 0 bridgehead atoms. The van der Waals surface area contributed by atoms with E-state index in [0.717, 1.165) is 30.9 Å². The van der Waals surface area contributed by atoms with Gasteiger partial charge in [0.1, 0.15) is 0 Å². The fourth-order valence-corrected chi connectivity index (χ4v) is 2.26. The van der Waals surface area contributed by atoms with E-state index in [1.54, 1.807) is 0 Å². The van der Waals surface area contributed by atoms with Crippen molar-refractivity contribution in [1.29, 1.82) is 0 Å². The van der Waals surface area contributed by atoms with Gasteiger partial charge in [-0.25, -0.2) is 0 Å². The zero-order valence-corrected chi connectivity index (χ0v) is 13.9. The van der Waals surface area contributed by atoms with Gasteiger partial charge in [0, 0.05) is 6.04 Å². The second-order valence-electron chi connectivity index (χ2n) is 5.24. The molecule has 1 aromatic rings. The molecule has 0 saturated carbocycles. The van der Waals surface area contributed by atoms with Gasteiger partial charge in [0.25, 0.3) is 0 Å². The summed E-state index contributed by atoms with van der Waals surface area (Å²) in [4.78, 5) is 0. The number of benzene rings is 1. The third kappa shape index (κ3) is 5.80. The van der Waals surface area contributed by atoms with Crippen LogP contribution in [0.5, 0.6) is 11.5 Å². The predicted molar refractivity (Wildman–Crippen MR) is 89.2 cm³/mol. The van der Waals surface area contributed by atoms with Crippen LogP contribution in [0.2, 0.25) is 0 Å². The van der Waals surface area contributed by atoms with E-state index < -0.39 is 0 Å². The molecular weight excluding hydrogens is 262 g/mol. The fourth-order valence-electron chi connectivity index (χ4n) is 2.26. The molecule has 1 rings (SSSR count). The van der Waals surface area contributed by atoms with Crippen LogP contribution in [-0.4, -0.2) is 19.8 Å². The zero-order valence-electron chi connectivity index (χ0n) is 13.9. The first-order valence-electron chi connectivity index (χ1n) is 7.89. The maximum atomic E-state index is 5.71. The monoisotopic (exact) mass is 291 g/mol. The summed E-state index contributed by atoms with van der Waals surface area (Å²) in [6.45, 7) is 14.5. The Balaban J connectivity index is 3.00. The summed E-state index contributed by atoms with van der Waals surface area (Å²) in [6.07, 6.45) is 2.04. The van der Waals surface area contributed by atoms with Crippen LogP contribution in [0.25, 0.3) is 0 Å². The zero-order chi connectivity index (χ0) is 15.7. The van der Waals surface area contributed by atoms with Crippen LogP contribution in [0, 0.1) is 0 Å². The number of nitrogens with one attached hydrogen (secondary N) is 1. The van der Waals surface area contributed by atoms with E-state index in [9.17, 15) is 0 Å². The van der Waals surface area contributed by atoms with Crippen LogP contribution in [0.15, 0.2) is 30.4 Å². The summed E-state index contributed by atoms with van der Waals surface area (Å²) in [5, 5.41) is 3.58. The molecule has 1 atom stereocenters. The first-order valence-corrected chi connectivity index (χ1v) is 7.89. The maximum absolute atomic E-state index is 5.71. The van der Waals surface area contributed by atoms with Crippen LogP contribution in [0.3, 0.4) is 0 Å². The maximum Gasteiger partial charge on any atom is 0.161 e. The summed E-state index contributed by atoms with van der Waals surface area (Å²) >= 11 is 0. The SMILES string of the molecule is C=C(C)CC(NCCC)c1ccc(OCC)c(OCC)c1. The van der Waals surface area contributed by atoms with Gasteiger partial charge in [0.15, 0.2) is 11.5 Å². The molecule has 1 unspecified atom stereocenters. The average molecular weight is 291 g/mol. The van der Waals surface area contributed by atoms with E-state index in [1.165, 1.54) is 11.1 Å². The lowest BCUT2D eigenvalue weighted by atomic mass is 9.99. The van der Waals surface area contributed by atoms with Gasteiger partial charge in [-0.15, -0.1) is 6.58 Å². The summed E-state index contributed by atoms with van der Waals surface area (Å²) < 4.78 is 11.3. The molecule has 1 aromatic carbocycles. The molecule has 0 aliphatic carbocycles. The van der Waals surface area contributed by atoms with Gasteiger partial charge in [-0.05, 0) is 57.9 Å². The van der Waals surface area contributed by atoms with Crippen LogP contribution < -0.4 is 14.8 Å². The van der Waals surface area contributed by atoms with Gasteiger partial charge in [-0.2, -0.15) is 0 Å². The van der Waals surface area contributed by atoms with Crippen molar-refractivity contribution in [3.8, 4) is 11.5 Å². The predicted octanol–water partition coefficient (Wildman–Crippen LogP) is 4.49. The van der Waals surface area contributed by atoms with Gasteiger partial charge in [-0.1, -0.05) is 18.6 Å². The van der Waals surface area contributed by atoms with Crippen molar-refractivity contribution in [2.75, 3.05) is 19.8 Å². The first-order chi connectivity index (χ1) is 10.1. The van der Waals surface area contributed by atoms with E-state index in [1.807, 2.05) is 19.9 Å². The summed E-state index contributed by atoms with van der Waals surface area (Å²) in [7, 11) is 0. The second-order valence-corrected chi connectivity index (χ2v) is 5.24. The number of hydrogen-bond donors (Lipinski definition) is 1. The molecular formula is C18H29NO2. The Morgan fingerprint density at radius 3 is 2.38 bits per heavy atom. The Hall–Kier alpha value is -1.48. The lowest BCUT2D eigenvalue weighted by Gasteiger charge is -2.21. The molecule has 21 heavy (non-hydrogen) atoms. The summed E-state index contributed by atoms with van der Waals surface area (Å²) in [6, 6.07) is 6.48. The highest BCUT2D eigenvalue weighted by molar-refractivity contribution is 5.44. The van der Waals surface area contributed by atoms with Crippen molar-refractivity contribution in [2.45, 2.75) is 46.6 Å². The standard InChI is InChI=1S/C18H29NO2/c1-6-11-19-16(12-14(4)5)15-9-10-17(20-7-2)18(13-15)21-8-3/h9-10,13,16,19H,4,6-8,11-12H2,1-3,5H3. The van der Waals surface area contributed by atoms with E-state index in [-0.39, 0.29) is 6.04 Å². The minimum Gasteiger partial charge on any atom is -0.490 e. The number of hydrogen-bond acceptors (Lipinski definition) is 3. The Bertz CT molecular complexity index is 443. The molecule has 3 nitrogen and oxygen atoms in total. The lowest BCUT2D eigenvalue weighted by Crippen LogP contribution is -2.22. The molecule has 0 aromatic heterocycles. The smallest absolute Gasteiger partial charge is 0.161 e. The minimum atomic E-state index is 0.275. The topological polar surface area (TPSA) is 30.5 Å². The third-order valence-corrected chi connectivity index (χ3v) is 3.16. The molecule has 0 fully saturated rings. The van der Waals surface area contributed by atoms with Crippen molar-refractivity contribution in [3.05, 3.63) is 35.9 Å². The number of ether oxygens (including phenoxy) is 2. The summed E-state index contributed by atoms with van der Waals surface area (Å²) in [5.74, 6) is 1.63. The highest BCUT2D eigenvalue weighted by Gasteiger charge is 2.14. The van der Waals surface area contributed by atoms with E-state index >= 15 is 0 Å². The van der Waals surface area contributed by atoms with E-state index in [2.05, 4.69) is 37.9 Å². The fraction of sp³-hybridized carbons (Fsp3) is 0.556. The largest absolute Gasteiger partial charge is 0.490 e. The molecule has 0 amide bonds. The van der Waals surface area contributed by atoms with Gasteiger partial charge in [-0.3, -0.25) is 0 Å². The number of rotatable bonds is 10. The molecule has 0 saturated heterocycles. The quantitative estimate of drug-likeness (QED) is 0.644. The first kappa shape index (κ1) is 17.6. The molecule has 1 N–H and O–H groups in total. The van der Waals surface area contributed by atoms with E-state index in [4.69, 9.17) is 9.47 Å². The van der Waals surface area contributed by atoms with Crippen LogP contribution >= 0.6 is 0 Å². The van der Waals surface area contributed by atoms with Gasteiger partial charge in [0.05, 0.1) is 13.2 Å². The second kappa shape index (κ2) is 9.46. The van der Waals surface area contributed by atoms with Gasteiger partial charge in [0.2, 0.25) is 0 Å². The Labute approximate surface area is 129 Å². The Morgan fingerprint density at radius 1 is 1.14 bits per heavy atom.